The molecule has 0 atom stereocenters. The van der Waals surface area contributed by atoms with Gasteiger partial charge in [0.15, 0.2) is 11.5 Å². The van der Waals surface area contributed by atoms with E-state index in [1.165, 1.54) is 18.3 Å². The highest BCUT2D eigenvalue weighted by Crippen LogP contribution is 2.28. The zero-order valence-electron chi connectivity index (χ0n) is 12.7. The molecule has 2 aromatic rings. The molecule has 1 aliphatic rings. The first-order valence-electron chi connectivity index (χ1n) is 7.53. The molecular weight excluding hydrogens is 328 g/mol. The van der Waals surface area contributed by atoms with E-state index < -0.39 is 17.7 Å². The van der Waals surface area contributed by atoms with E-state index in [4.69, 9.17) is 4.74 Å². The first-order valence-corrected chi connectivity index (χ1v) is 7.53. The van der Waals surface area contributed by atoms with E-state index in [2.05, 4.69) is 15.2 Å². The topological polar surface area (TPSA) is 54.0 Å². The molecule has 0 aliphatic carbocycles. The number of nitrogens with one attached hydrogen (secondary N) is 1. The van der Waals surface area contributed by atoms with Crippen LogP contribution in [0.4, 0.5) is 17.6 Å². The van der Waals surface area contributed by atoms with Gasteiger partial charge in [-0.2, -0.15) is 18.3 Å². The Morgan fingerprint density at radius 1 is 1.29 bits per heavy atom. The molecular formula is C15H16F4N4O. The largest absolute Gasteiger partial charge is 0.472 e. The Hall–Kier alpha value is -2.16. The van der Waals surface area contributed by atoms with Crippen molar-refractivity contribution in [2.75, 3.05) is 13.1 Å². The average Bonchev–Trinajstić information content (AvgIpc) is 3.00. The molecule has 0 spiro atoms. The fourth-order valence-corrected chi connectivity index (χ4v) is 2.63. The fourth-order valence-electron chi connectivity index (χ4n) is 2.63. The summed E-state index contributed by atoms with van der Waals surface area (Å²) in [4.78, 5) is 5.86. The Balaban J connectivity index is 1.50. The first kappa shape index (κ1) is 16.7. The van der Waals surface area contributed by atoms with Crippen molar-refractivity contribution in [3.05, 3.63) is 41.6 Å². The highest BCUT2D eigenvalue weighted by Gasteiger charge is 2.34. The van der Waals surface area contributed by atoms with Crippen molar-refractivity contribution in [2.24, 2.45) is 0 Å². The Morgan fingerprint density at radius 2 is 2.04 bits per heavy atom. The molecule has 1 saturated heterocycles. The minimum Gasteiger partial charge on any atom is -0.472 e. The number of nitrogens with zero attached hydrogens (tertiary/aromatic N) is 3. The second-order valence-corrected chi connectivity index (χ2v) is 5.66. The predicted octanol–water partition coefficient (Wildman–Crippen LogP) is 3.01. The van der Waals surface area contributed by atoms with Gasteiger partial charge in [-0.3, -0.25) is 10.00 Å². The summed E-state index contributed by atoms with van der Waals surface area (Å²) in [5.74, 6) is -0.517. The number of pyridine rings is 1. The number of H-pyrrole nitrogens is 1. The van der Waals surface area contributed by atoms with E-state index in [9.17, 15) is 17.6 Å². The molecule has 5 nitrogen and oxygen atoms in total. The molecule has 1 fully saturated rings. The third-order valence-electron chi connectivity index (χ3n) is 3.85. The molecule has 9 heteroatoms. The summed E-state index contributed by atoms with van der Waals surface area (Å²) in [5.41, 5.74) is -0.501. The van der Waals surface area contributed by atoms with Crippen molar-refractivity contribution in [1.29, 1.82) is 0 Å². The normalized spacial score (nSPS) is 17.2. The van der Waals surface area contributed by atoms with E-state index in [-0.39, 0.29) is 12.0 Å². The molecule has 0 radical (unpaired) electrons. The van der Waals surface area contributed by atoms with Crippen LogP contribution in [0, 0.1) is 5.82 Å². The molecule has 0 unspecified atom stereocenters. The maximum absolute atomic E-state index is 13.5. The van der Waals surface area contributed by atoms with Gasteiger partial charge in [0.1, 0.15) is 6.10 Å². The van der Waals surface area contributed by atoms with Crippen LogP contribution in [0.15, 0.2) is 24.4 Å². The Bertz CT molecular complexity index is 680. The summed E-state index contributed by atoms with van der Waals surface area (Å²) in [5, 5.41) is 5.70. The lowest BCUT2D eigenvalue weighted by molar-refractivity contribution is -0.141. The number of aromatic nitrogens is 3. The zero-order valence-corrected chi connectivity index (χ0v) is 12.7. The molecule has 0 saturated carbocycles. The number of hydrogen-bond donors (Lipinski definition) is 1. The summed E-state index contributed by atoms with van der Waals surface area (Å²) in [6, 6.07) is 3.80. The van der Waals surface area contributed by atoms with Crippen molar-refractivity contribution < 1.29 is 22.3 Å². The fraction of sp³-hybridized carbons (Fsp3) is 0.467. The van der Waals surface area contributed by atoms with E-state index >= 15 is 0 Å². The number of aromatic amines is 1. The molecule has 0 bridgehead atoms. The van der Waals surface area contributed by atoms with Crippen LogP contribution in [0.3, 0.4) is 0 Å². The molecule has 0 aromatic carbocycles. The van der Waals surface area contributed by atoms with Gasteiger partial charge in [0.05, 0.1) is 0 Å². The van der Waals surface area contributed by atoms with Crippen LogP contribution in [0.1, 0.15) is 24.2 Å². The minimum absolute atomic E-state index is 0.0145. The van der Waals surface area contributed by atoms with E-state index in [0.29, 0.717) is 38.2 Å². The highest BCUT2D eigenvalue weighted by molar-refractivity contribution is 5.13. The van der Waals surface area contributed by atoms with Crippen molar-refractivity contribution in [3.63, 3.8) is 0 Å². The Morgan fingerprint density at radius 3 is 2.67 bits per heavy atom. The smallest absolute Gasteiger partial charge is 0.435 e. The monoisotopic (exact) mass is 344 g/mol. The Kier molecular flexibility index (Phi) is 4.70. The molecule has 130 valence electrons. The Labute approximate surface area is 135 Å². The highest BCUT2D eigenvalue weighted by atomic mass is 19.4. The van der Waals surface area contributed by atoms with Crippen molar-refractivity contribution in [1.82, 2.24) is 20.1 Å². The SMILES string of the molecule is Fc1cccnc1OC1CCN(Cc2cc(C(F)(F)F)n[nH]2)CC1. The van der Waals surface area contributed by atoms with Crippen LogP contribution in [0.25, 0.3) is 0 Å². The third-order valence-corrected chi connectivity index (χ3v) is 3.85. The van der Waals surface area contributed by atoms with Gasteiger partial charge in [0.25, 0.3) is 5.88 Å². The maximum Gasteiger partial charge on any atom is 0.435 e. The lowest BCUT2D eigenvalue weighted by atomic mass is 10.1. The third kappa shape index (κ3) is 4.02. The molecule has 3 heterocycles. The second kappa shape index (κ2) is 6.76. The number of rotatable bonds is 4. The van der Waals surface area contributed by atoms with Gasteiger partial charge in [-0.25, -0.2) is 9.37 Å². The second-order valence-electron chi connectivity index (χ2n) is 5.66. The lowest BCUT2D eigenvalue weighted by Crippen LogP contribution is -2.38. The van der Waals surface area contributed by atoms with Crippen LogP contribution in [-0.4, -0.2) is 39.3 Å². The van der Waals surface area contributed by atoms with Crippen molar-refractivity contribution >= 4 is 0 Å². The van der Waals surface area contributed by atoms with Crippen molar-refractivity contribution in [2.45, 2.75) is 31.7 Å². The van der Waals surface area contributed by atoms with Gasteiger partial charge in [0.2, 0.25) is 0 Å². The van der Waals surface area contributed by atoms with E-state index in [1.54, 1.807) is 0 Å². The summed E-state index contributed by atoms with van der Waals surface area (Å²) in [6.45, 7) is 1.63. The number of halogens is 4. The maximum atomic E-state index is 13.5. The molecule has 3 rings (SSSR count). The number of likely N-dealkylation sites (tertiary alicyclic amines) is 1. The first-order chi connectivity index (χ1) is 11.4. The van der Waals surface area contributed by atoms with Gasteiger partial charge in [-0.1, -0.05) is 0 Å². The minimum atomic E-state index is -4.44. The van der Waals surface area contributed by atoms with Crippen LogP contribution < -0.4 is 4.74 Å². The number of alkyl halides is 3. The van der Waals surface area contributed by atoms with Gasteiger partial charge in [-0.05, 0) is 31.0 Å². The van der Waals surface area contributed by atoms with Crippen LogP contribution in [-0.2, 0) is 12.7 Å². The zero-order chi connectivity index (χ0) is 17.2. The lowest BCUT2D eigenvalue weighted by Gasteiger charge is -2.31. The van der Waals surface area contributed by atoms with Gasteiger partial charge in [0, 0.05) is 31.5 Å². The van der Waals surface area contributed by atoms with Crippen LogP contribution >= 0.6 is 0 Å². The quantitative estimate of drug-likeness (QED) is 0.867. The predicted molar refractivity (Wildman–Crippen MR) is 76.7 cm³/mol. The van der Waals surface area contributed by atoms with E-state index in [0.717, 1.165) is 6.07 Å². The summed E-state index contributed by atoms with van der Waals surface area (Å²) < 4.78 is 56.6. The van der Waals surface area contributed by atoms with Crippen LogP contribution in [0.2, 0.25) is 0 Å². The average molecular weight is 344 g/mol. The van der Waals surface area contributed by atoms with Gasteiger partial charge < -0.3 is 4.74 Å². The summed E-state index contributed by atoms with van der Waals surface area (Å²) >= 11 is 0. The van der Waals surface area contributed by atoms with Gasteiger partial charge >= 0.3 is 6.18 Å². The van der Waals surface area contributed by atoms with Crippen molar-refractivity contribution in [3.8, 4) is 5.88 Å². The van der Waals surface area contributed by atoms with Gasteiger partial charge in [-0.15, -0.1) is 0 Å². The standard InChI is InChI=1S/C15H16F4N4O/c16-12-2-1-5-20-14(12)24-11-3-6-23(7-4-11)9-10-8-13(22-21-10)15(17,18)19/h1-2,5,8,11H,3-4,6-7,9H2,(H,21,22). The number of ether oxygens (including phenoxy) is 1. The number of hydrogen-bond acceptors (Lipinski definition) is 4. The molecule has 24 heavy (non-hydrogen) atoms. The van der Waals surface area contributed by atoms with E-state index in [1.807, 2.05) is 4.90 Å². The molecule has 2 aromatic heterocycles. The summed E-state index contributed by atoms with van der Waals surface area (Å²) in [6.07, 6.45) is -1.84. The molecule has 0 amide bonds. The van der Waals surface area contributed by atoms with Crippen LogP contribution in [0.5, 0.6) is 5.88 Å². The molecule has 1 N–H and O–H groups in total. The number of piperidine rings is 1. The molecule has 1 aliphatic heterocycles. The summed E-state index contributed by atoms with van der Waals surface area (Å²) in [7, 11) is 0.